The fraction of sp³-hybridized carbons (Fsp3) is 0.875. The van der Waals surface area contributed by atoms with Crippen LogP contribution >= 0.6 is 0 Å². The van der Waals surface area contributed by atoms with Crippen molar-refractivity contribution in [3.05, 3.63) is 0 Å². The SMILES string of the molecule is CCC(C=O)C(F)(F)C(C)C(F)(F)F. The molecule has 0 rings (SSSR count). The molecule has 0 radical (unpaired) electrons. The van der Waals surface area contributed by atoms with E-state index in [-0.39, 0.29) is 12.7 Å². The number of carbonyl (C=O) groups is 1. The van der Waals surface area contributed by atoms with Crippen LogP contribution in [-0.4, -0.2) is 18.4 Å². The van der Waals surface area contributed by atoms with Gasteiger partial charge in [-0.1, -0.05) is 6.92 Å². The maximum absolute atomic E-state index is 13.0. The first kappa shape index (κ1) is 13.3. The monoisotopic (exact) mass is 218 g/mol. The van der Waals surface area contributed by atoms with Crippen LogP contribution in [0.25, 0.3) is 0 Å². The third-order valence-electron chi connectivity index (χ3n) is 2.17. The summed E-state index contributed by atoms with van der Waals surface area (Å²) in [6.45, 7) is 1.63. The van der Waals surface area contributed by atoms with Crippen molar-refractivity contribution in [2.24, 2.45) is 11.8 Å². The number of aldehydes is 1. The minimum atomic E-state index is -4.99. The summed E-state index contributed by atoms with van der Waals surface area (Å²) in [4.78, 5) is 10.2. The number of halogens is 5. The second-order valence-electron chi connectivity index (χ2n) is 3.09. The molecule has 0 aliphatic rings. The molecular formula is C8H11F5O. The van der Waals surface area contributed by atoms with Crippen molar-refractivity contribution in [2.45, 2.75) is 32.4 Å². The number of rotatable bonds is 4. The maximum Gasteiger partial charge on any atom is 0.397 e. The fourth-order valence-corrected chi connectivity index (χ4v) is 0.998. The van der Waals surface area contributed by atoms with Crippen LogP contribution in [0.4, 0.5) is 22.0 Å². The predicted octanol–water partition coefficient (Wildman–Crippen LogP) is 3.05. The van der Waals surface area contributed by atoms with Crippen molar-refractivity contribution in [1.82, 2.24) is 0 Å². The van der Waals surface area contributed by atoms with E-state index in [0.717, 1.165) is 0 Å². The van der Waals surface area contributed by atoms with Gasteiger partial charge in [0, 0.05) is 0 Å². The van der Waals surface area contributed by atoms with E-state index >= 15 is 0 Å². The second kappa shape index (κ2) is 4.23. The van der Waals surface area contributed by atoms with Gasteiger partial charge in [-0.25, -0.2) is 8.78 Å². The molecule has 0 aromatic rings. The molecule has 0 fully saturated rings. The zero-order valence-electron chi connectivity index (χ0n) is 7.74. The Labute approximate surface area is 78.3 Å². The van der Waals surface area contributed by atoms with Gasteiger partial charge in [0.2, 0.25) is 0 Å². The molecule has 0 heterocycles. The van der Waals surface area contributed by atoms with Gasteiger partial charge in [-0.3, -0.25) is 0 Å². The molecule has 14 heavy (non-hydrogen) atoms. The van der Waals surface area contributed by atoms with E-state index in [9.17, 15) is 26.7 Å². The minimum absolute atomic E-state index is 0.123. The summed E-state index contributed by atoms with van der Waals surface area (Å²) < 4.78 is 62.0. The summed E-state index contributed by atoms with van der Waals surface area (Å²) in [5.74, 6) is -8.71. The normalized spacial score (nSPS) is 17.6. The number of hydrogen-bond donors (Lipinski definition) is 0. The van der Waals surface area contributed by atoms with Crippen LogP contribution < -0.4 is 0 Å². The predicted molar refractivity (Wildman–Crippen MR) is 40.0 cm³/mol. The molecule has 1 nitrogen and oxygen atoms in total. The molecule has 0 saturated carbocycles. The highest BCUT2D eigenvalue weighted by Crippen LogP contribution is 2.42. The fourth-order valence-electron chi connectivity index (χ4n) is 0.998. The zero-order chi connectivity index (χ0) is 11.6. The zero-order valence-corrected chi connectivity index (χ0v) is 7.74. The third kappa shape index (κ3) is 2.65. The van der Waals surface area contributed by atoms with Gasteiger partial charge in [-0.05, 0) is 13.3 Å². The summed E-state index contributed by atoms with van der Waals surface area (Å²) in [7, 11) is 0. The average molecular weight is 218 g/mol. The minimum Gasteiger partial charge on any atom is -0.303 e. The standard InChI is InChI=1S/C8H11F5O/c1-3-6(4-14)7(9,10)5(2)8(11,12)13/h4-6H,3H2,1-2H3. The van der Waals surface area contributed by atoms with Crippen molar-refractivity contribution < 1.29 is 26.7 Å². The van der Waals surface area contributed by atoms with Gasteiger partial charge in [0.15, 0.2) is 0 Å². The van der Waals surface area contributed by atoms with E-state index in [0.29, 0.717) is 6.92 Å². The van der Waals surface area contributed by atoms with Crippen LogP contribution in [0.2, 0.25) is 0 Å². The Hall–Kier alpha value is -0.680. The Kier molecular flexibility index (Phi) is 4.02. The Morgan fingerprint density at radius 1 is 1.21 bits per heavy atom. The van der Waals surface area contributed by atoms with E-state index in [1.54, 1.807) is 0 Å². The first-order valence-corrected chi connectivity index (χ1v) is 4.07. The van der Waals surface area contributed by atoms with Gasteiger partial charge in [0.25, 0.3) is 5.92 Å². The van der Waals surface area contributed by atoms with E-state index in [1.165, 1.54) is 6.92 Å². The smallest absolute Gasteiger partial charge is 0.303 e. The summed E-state index contributed by atoms with van der Waals surface area (Å²) >= 11 is 0. The Bertz CT molecular complexity index is 198. The molecule has 0 N–H and O–H groups in total. The van der Waals surface area contributed by atoms with Crippen LogP contribution in [-0.2, 0) is 4.79 Å². The largest absolute Gasteiger partial charge is 0.397 e. The van der Waals surface area contributed by atoms with Gasteiger partial charge in [-0.15, -0.1) is 0 Å². The molecule has 2 unspecified atom stereocenters. The van der Waals surface area contributed by atoms with Crippen LogP contribution in [0.3, 0.4) is 0 Å². The van der Waals surface area contributed by atoms with Crippen molar-refractivity contribution in [2.75, 3.05) is 0 Å². The first-order valence-electron chi connectivity index (χ1n) is 4.07. The molecule has 0 spiro atoms. The number of hydrogen-bond acceptors (Lipinski definition) is 1. The van der Waals surface area contributed by atoms with Crippen molar-refractivity contribution in [1.29, 1.82) is 0 Å². The van der Waals surface area contributed by atoms with Crippen LogP contribution in [0, 0.1) is 11.8 Å². The van der Waals surface area contributed by atoms with E-state index in [1.807, 2.05) is 0 Å². The molecule has 0 aliphatic heterocycles. The van der Waals surface area contributed by atoms with Crippen molar-refractivity contribution in [3.63, 3.8) is 0 Å². The van der Waals surface area contributed by atoms with E-state index < -0.39 is 23.9 Å². The van der Waals surface area contributed by atoms with Gasteiger partial charge < -0.3 is 4.79 Å². The number of alkyl halides is 5. The Morgan fingerprint density at radius 2 is 1.64 bits per heavy atom. The van der Waals surface area contributed by atoms with Gasteiger partial charge in [-0.2, -0.15) is 13.2 Å². The molecule has 0 aliphatic carbocycles. The van der Waals surface area contributed by atoms with E-state index in [2.05, 4.69) is 0 Å². The first-order chi connectivity index (χ1) is 6.17. The van der Waals surface area contributed by atoms with E-state index in [4.69, 9.17) is 0 Å². The molecule has 84 valence electrons. The Morgan fingerprint density at radius 3 is 1.86 bits per heavy atom. The molecule has 0 aromatic heterocycles. The quantitative estimate of drug-likeness (QED) is 0.523. The number of carbonyl (C=O) groups excluding carboxylic acids is 1. The molecular weight excluding hydrogens is 207 g/mol. The lowest BCUT2D eigenvalue weighted by molar-refractivity contribution is -0.245. The lowest BCUT2D eigenvalue weighted by atomic mass is 9.89. The van der Waals surface area contributed by atoms with Crippen molar-refractivity contribution in [3.8, 4) is 0 Å². The lowest BCUT2D eigenvalue weighted by Crippen LogP contribution is -2.43. The second-order valence-corrected chi connectivity index (χ2v) is 3.09. The van der Waals surface area contributed by atoms with Crippen molar-refractivity contribution >= 4 is 6.29 Å². The molecule has 0 amide bonds. The topological polar surface area (TPSA) is 17.1 Å². The van der Waals surface area contributed by atoms with Crippen LogP contribution in [0.1, 0.15) is 20.3 Å². The molecule has 0 aromatic carbocycles. The third-order valence-corrected chi connectivity index (χ3v) is 2.17. The highest BCUT2D eigenvalue weighted by Gasteiger charge is 2.55. The average Bonchev–Trinajstić information content (AvgIpc) is 2.03. The molecule has 0 saturated heterocycles. The lowest BCUT2D eigenvalue weighted by Gasteiger charge is -2.29. The molecule has 2 atom stereocenters. The Balaban J connectivity index is 4.84. The van der Waals surface area contributed by atoms with Gasteiger partial charge in [0.05, 0.1) is 5.92 Å². The molecule has 6 heteroatoms. The van der Waals surface area contributed by atoms with Crippen LogP contribution in [0.5, 0.6) is 0 Å². The summed E-state index contributed by atoms with van der Waals surface area (Å²) in [5.41, 5.74) is 0. The molecule has 0 bridgehead atoms. The van der Waals surface area contributed by atoms with Gasteiger partial charge in [0.1, 0.15) is 12.2 Å². The highest BCUT2D eigenvalue weighted by atomic mass is 19.4. The highest BCUT2D eigenvalue weighted by molar-refractivity contribution is 5.55. The summed E-state index contributed by atoms with van der Waals surface area (Å²) in [5, 5.41) is 0. The maximum atomic E-state index is 13.0. The summed E-state index contributed by atoms with van der Waals surface area (Å²) in [6.07, 6.45) is -5.42. The van der Waals surface area contributed by atoms with Crippen LogP contribution in [0.15, 0.2) is 0 Å². The summed E-state index contributed by atoms with van der Waals surface area (Å²) in [6, 6.07) is 0. The van der Waals surface area contributed by atoms with Gasteiger partial charge >= 0.3 is 6.18 Å².